The number of hydrogen-bond donors (Lipinski definition) is 1. The zero-order valence-corrected chi connectivity index (χ0v) is 8.25. The van der Waals surface area contributed by atoms with E-state index in [4.69, 9.17) is 0 Å². The molecular weight excluding hydrogens is 160 g/mol. The van der Waals surface area contributed by atoms with E-state index in [9.17, 15) is 0 Å². The molecule has 0 atom stereocenters. The lowest BCUT2D eigenvalue weighted by atomic mass is 10.3. The predicted molar refractivity (Wildman–Crippen MR) is 57.8 cm³/mol. The zero-order valence-electron chi connectivity index (χ0n) is 8.25. The first kappa shape index (κ1) is 9.81. The SMILES string of the molecule is C=C(CN(C)C)Nc1ccccc1. The molecule has 0 fully saturated rings. The van der Waals surface area contributed by atoms with Crippen LogP contribution in [0.5, 0.6) is 0 Å². The molecule has 1 aromatic carbocycles. The Labute approximate surface area is 79.9 Å². The van der Waals surface area contributed by atoms with E-state index in [1.165, 1.54) is 0 Å². The minimum Gasteiger partial charge on any atom is -0.358 e. The molecule has 0 radical (unpaired) electrons. The summed E-state index contributed by atoms with van der Waals surface area (Å²) in [5.41, 5.74) is 2.10. The van der Waals surface area contributed by atoms with Gasteiger partial charge in [-0.25, -0.2) is 0 Å². The Kier molecular flexibility index (Phi) is 3.53. The predicted octanol–water partition coefficient (Wildman–Crippen LogP) is 2.17. The Morgan fingerprint density at radius 3 is 2.46 bits per heavy atom. The molecule has 0 bridgehead atoms. The van der Waals surface area contributed by atoms with Gasteiger partial charge in [0.2, 0.25) is 0 Å². The monoisotopic (exact) mass is 176 g/mol. The van der Waals surface area contributed by atoms with E-state index in [-0.39, 0.29) is 0 Å². The largest absolute Gasteiger partial charge is 0.358 e. The Balaban J connectivity index is 2.46. The highest BCUT2D eigenvalue weighted by Crippen LogP contribution is 2.07. The zero-order chi connectivity index (χ0) is 9.68. The number of benzene rings is 1. The van der Waals surface area contributed by atoms with Crippen molar-refractivity contribution in [3.8, 4) is 0 Å². The summed E-state index contributed by atoms with van der Waals surface area (Å²) in [6.07, 6.45) is 0. The molecule has 2 nitrogen and oxygen atoms in total. The van der Waals surface area contributed by atoms with Crippen molar-refractivity contribution in [2.45, 2.75) is 0 Å². The maximum Gasteiger partial charge on any atom is 0.0381 e. The van der Waals surface area contributed by atoms with Gasteiger partial charge < -0.3 is 10.2 Å². The van der Waals surface area contributed by atoms with Crippen molar-refractivity contribution in [2.24, 2.45) is 0 Å². The second-order valence-electron chi connectivity index (χ2n) is 3.33. The standard InChI is InChI=1S/C11H16N2/c1-10(9-13(2)3)12-11-7-5-4-6-8-11/h4-8,12H,1,9H2,2-3H3. The first-order chi connectivity index (χ1) is 6.18. The first-order valence-corrected chi connectivity index (χ1v) is 4.33. The molecule has 0 aliphatic carbocycles. The topological polar surface area (TPSA) is 15.3 Å². The third-order valence-electron chi connectivity index (χ3n) is 1.60. The van der Waals surface area contributed by atoms with Crippen molar-refractivity contribution >= 4 is 5.69 Å². The summed E-state index contributed by atoms with van der Waals surface area (Å²) in [6, 6.07) is 10.1. The van der Waals surface area contributed by atoms with Gasteiger partial charge in [-0.3, -0.25) is 0 Å². The molecule has 0 heterocycles. The number of likely N-dealkylation sites (N-methyl/N-ethyl adjacent to an activating group) is 1. The lowest BCUT2D eigenvalue weighted by molar-refractivity contribution is 0.447. The van der Waals surface area contributed by atoms with Crippen molar-refractivity contribution in [3.63, 3.8) is 0 Å². The molecular formula is C11H16N2. The smallest absolute Gasteiger partial charge is 0.0381 e. The van der Waals surface area contributed by atoms with Crippen LogP contribution in [0, 0.1) is 0 Å². The summed E-state index contributed by atoms with van der Waals surface area (Å²) in [5.74, 6) is 0. The average molecular weight is 176 g/mol. The second kappa shape index (κ2) is 4.67. The van der Waals surface area contributed by atoms with E-state index in [1.807, 2.05) is 44.4 Å². The van der Waals surface area contributed by atoms with Gasteiger partial charge in [0.15, 0.2) is 0 Å². The fourth-order valence-electron chi connectivity index (χ4n) is 1.15. The maximum atomic E-state index is 3.94. The van der Waals surface area contributed by atoms with Crippen molar-refractivity contribution in [1.82, 2.24) is 4.90 Å². The Hall–Kier alpha value is -1.28. The van der Waals surface area contributed by atoms with Crippen molar-refractivity contribution < 1.29 is 0 Å². The van der Waals surface area contributed by atoms with Gasteiger partial charge in [0.1, 0.15) is 0 Å². The molecule has 0 aliphatic rings. The van der Waals surface area contributed by atoms with E-state index in [2.05, 4.69) is 16.8 Å². The van der Waals surface area contributed by atoms with E-state index in [0.29, 0.717) is 0 Å². The summed E-state index contributed by atoms with van der Waals surface area (Å²) < 4.78 is 0. The maximum absolute atomic E-state index is 3.94. The number of nitrogens with zero attached hydrogens (tertiary/aromatic N) is 1. The normalized spacial score (nSPS) is 10.1. The lowest BCUT2D eigenvalue weighted by Gasteiger charge is -2.13. The summed E-state index contributed by atoms with van der Waals surface area (Å²) in [6.45, 7) is 4.79. The number of rotatable bonds is 4. The molecule has 1 aromatic rings. The van der Waals surface area contributed by atoms with Crippen molar-refractivity contribution in [3.05, 3.63) is 42.6 Å². The van der Waals surface area contributed by atoms with E-state index in [0.717, 1.165) is 17.9 Å². The molecule has 0 unspecified atom stereocenters. The number of nitrogens with one attached hydrogen (secondary N) is 1. The molecule has 1 rings (SSSR count). The molecule has 0 aromatic heterocycles. The highest BCUT2D eigenvalue weighted by atomic mass is 15.1. The van der Waals surface area contributed by atoms with Gasteiger partial charge in [-0.1, -0.05) is 24.8 Å². The molecule has 70 valence electrons. The van der Waals surface area contributed by atoms with Gasteiger partial charge in [-0.2, -0.15) is 0 Å². The number of hydrogen-bond acceptors (Lipinski definition) is 2. The van der Waals surface area contributed by atoms with Crippen LogP contribution in [0.2, 0.25) is 0 Å². The highest BCUT2D eigenvalue weighted by molar-refractivity contribution is 5.47. The van der Waals surface area contributed by atoms with Crippen LogP contribution in [0.4, 0.5) is 5.69 Å². The van der Waals surface area contributed by atoms with Gasteiger partial charge >= 0.3 is 0 Å². The van der Waals surface area contributed by atoms with Crippen LogP contribution in [0.1, 0.15) is 0 Å². The Bertz CT molecular complexity index is 265. The quantitative estimate of drug-likeness (QED) is 0.756. The molecule has 0 aliphatic heterocycles. The fourth-order valence-corrected chi connectivity index (χ4v) is 1.15. The van der Waals surface area contributed by atoms with Gasteiger partial charge in [0.05, 0.1) is 0 Å². The van der Waals surface area contributed by atoms with E-state index < -0.39 is 0 Å². The van der Waals surface area contributed by atoms with Gasteiger partial charge in [0, 0.05) is 17.9 Å². The number of para-hydroxylation sites is 1. The summed E-state index contributed by atoms with van der Waals surface area (Å²) in [7, 11) is 4.05. The van der Waals surface area contributed by atoms with Crippen LogP contribution in [-0.4, -0.2) is 25.5 Å². The van der Waals surface area contributed by atoms with Crippen LogP contribution >= 0.6 is 0 Å². The lowest BCUT2D eigenvalue weighted by Crippen LogP contribution is -2.18. The minimum atomic E-state index is 0.856. The molecule has 0 saturated heterocycles. The fraction of sp³-hybridized carbons (Fsp3) is 0.273. The summed E-state index contributed by atoms with van der Waals surface area (Å²) in [4.78, 5) is 2.08. The highest BCUT2D eigenvalue weighted by Gasteiger charge is 1.95. The molecule has 0 saturated carbocycles. The number of anilines is 1. The van der Waals surface area contributed by atoms with Gasteiger partial charge in [0.25, 0.3) is 0 Å². The Morgan fingerprint density at radius 1 is 1.31 bits per heavy atom. The van der Waals surface area contributed by atoms with E-state index in [1.54, 1.807) is 0 Å². The third kappa shape index (κ3) is 3.76. The van der Waals surface area contributed by atoms with Crippen molar-refractivity contribution in [1.29, 1.82) is 0 Å². The summed E-state index contributed by atoms with van der Waals surface area (Å²) >= 11 is 0. The second-order valence-corrected chi connectivity index (χ2v) is 3.33. The van der Waals surface area contributed by atoms with Crippen LogP contribution in [-0.2, 0) is 0 Å². The van der Waals surface area contributed by atoms with Crippen LogP contribution < -0.4 is 5.32 Å². The van der Waals surface area contributed by atoms with Gasteiger partial charge in [-0.05, 0) is 26.2 Å². The Morgan fingerprint density at radius 2 is 1.92 bits per heavy atom. The first-order valence-electron chi connectivity index (χ1n) is 4.33. The minimum absolute atomic E-state index is 0.856. The average Bonchev–Trinajstić information content (AvgIpc) is 2.04. The van der Waals surface area contributed by atoms with Crippen LogP contribution in [0.3, 0.4) is 0 Å². The van der Waals surface area contributed by atoms with E-state index >= 15 is 0 Å². The van der Waals surface area contributed by atoms with Crippen molar-refractivity contribution in [2.75, 3.05) is 26.0 Å². The molecule has 1 N–H and O–H groups in total. The van der Waals surface area contributed by atoms with Gasteiger partial charge in [-0.15, -0.1) is 0 Å². The van der Waals surface area contributed by atoms with Crippen LogP contribution in [0.15, 0.2) is 42.6 Å². The third-order valence-corrected chi connectivity index (χ3v) is 1.60. The molecule has 2 heteroatoms. The van der Waals surface area contributed by atoms with Crippen LogP contribution in [0.25, 0.3) is 0 Å². The molecule has 0 spiro atoms. The molecule has 13 heavy (non-hydrogen) atoms. The molecule has 0 amide bonds. The summed E-state index contributed by atoms with van der Waals surface area (Å²) in [5, 5.41) is 3.24.